The van der Waals surface area contributed by atoms with Crippen LogP contribution in [0.3, 0.4) is 0 Å². The molecule has 3 aromatic rings. The SMILES string of the molecule is CCSc1c2c(nc3ccccc13)-c1cc3c(c(=O)n1C2)COC(=O)[C@@]3(CC)OC(C)=O. The summed E-state index contributed by atoms with van der Waals surface area (Å²) in [6, 6.07) is 9.72. The first-order valence-corrected chi connectivity index (χ1v) is 11.6. The number of para-hydroxylation sites is 1. The van der Waals surface area contributed by atoms with Crippen LogP contribution in [0.25, 0.3) is 22.3 Å². The zero-order valence-corrected chi connectivity index (χ0v) is 18.9. The van der Waals surface area contributed by atoms with Gasteiger partial charge in [-0.25, -0.2) is 9.78 Å². The smallest absolute Gasteiger partial charge is 0.355 e. The van der Waals surface area contributed by atoms with E-state index < -0.39 is 17.5 Å². The summed E-state index contributed by atoms with van der Waals surface area (Å²) in [4.78, 5) is 44.2. The third-order valence-electron chi connectivity index (χ3n) is 6.12. The Labute approximate surface area is 188 Å². The molecule has 1 atom stereocenters. The number of ether oxygens (including phenoxy) is 2. The Bertz CT molecular complexity index is 1360. The second kappa shape index (κ2) is 7.48. The molecule has 2 aliphatic rings. The number of benzene rings is 1. The summed E-state index contributed by atoms with van der Waals surface area (Å²) in [6.45, 7) is 5.34. The third kappa shape index (κ3) is 2.82. The number of aromatic nitrogens is 2. The topological polar surface area (TPSA) is 87.5 Å². The van der Waals surface area contributed by atoms with Crippen LogP contribution in [0, 0.1) is 0 Å². The quantitative estimate of drug-likeness (QED) is 0.346. The molecule has 2 aromatic heterocycles. The van der Waals surface area contributed by atoms with Gasteiger partial charge < -0.3 is 14.0 Å². The molecule has 0 saturated heterocycles. The van der Waals surface area contributed by atoms with Gasteiger partial charge in [0.1, 0.15) is 6.61 Å². The molecule has 164 valence electrons. The van der Waals surface area contributed by atoms with E-state index in [-0.39, 0.29) is 18.6 Å². The summed E-state index contributed by atoms with van der Waals surface area (Å²) in [5.74, 6) is -0.377. The van der Waals surface area contributed by atoms with Gasteiger partial charge in [0.25, 0.3) is 5.56 Å². The van der Waals surface area contributed by atoms with Gasteiger partial charge in [0, 0.05) is 28.3 Å². The number of esters is 2. The van der Waals surface area contributed by atoms with Crippen LogP contribution in [0.1, 0.15) is 43.9 Å². The summed E-state index contributed by atoms with van der Waals surface area (Å²) in [5, 5.41) is 1.06. The van der Waals surface area contributed by atoms with Crippen LogP contribution < -0.4 is 5.56 Å². The van der Waals surface area contributed by atoms with Crippen LogP contribution in [0.2, 0.25) is 0 Å². The summed E-state index contributed by atoms with van der Waals surface area (Å²) in [6.07, 6.45) is 0.163. The van der Waals surface area contributed by atoms with E-state index in [1.807, 2.05) is 24.3 Å². The highest BCUT2D eigenvalue weighted by molar-refractivity contribution is 7.99. The maximum atomic E-state index is 13.5. The molecule has 0 fully saturated rings. The largest absolute Gasteiger partial charge is 0.457 e. The first-order chi connectivity index (χ1) is 15.4. The normalized spacial score (nSPS) is 18.7. The lowest BCUT2D eigenvalue weighted by Crippen LogP contribution is -2.47. The standard InChI is InChI=1S/C24H22N2O5S/c1-4-24(31-13(3)27)17-10-19-20-15(11-26(19)22(28)16(17)12-30-23(24)29)21(32-5-2)14-8-6-7-9-18(14)25-20/h6-10H,4-5,11-12H2,1-3H3/t24-/m0/s1. The predicted octanol–water partition coefficient (Wildman–Crippen LogP) is 3.76. The molecule has 0 bridgehead atoms. The zero-order valence-electron chi connectivity index (χ0n) is 18.1. The van der Waals surface area contributed by atoms with Gasteiger partial charge in [0.05, 0.1) is 29.0 Å². The average molecular weight is 451 g/mol. The minimum absolute atomic E-state index is 0.140. The van der Waals surface area contributed by atoms with Gasteiger partial charge >= 0.3 is 11.9 Å². The van der Waals surface area contributed by atoms with E-state index in [2.05, 4.69) is 6.92 Å². The highest BCUT2D eigenvalue weighted by atomic mass is 32.2. The Morgan fingerprint density at radius 2 is 2.03 bits per heavy atom. The maximum Gasteiger partial charge on any atom is 0.355 e. The number of hydrogen-bond acceptors (Lipinski definition) is 7. The van der Waals surface area contributed by atoms with Crippen molar-refractivity contribution in [1.29, 1.82) is 0 Å². The Balaban J connectivity index is 1.81. The zero-order chi connectivity index (χ0) is 22.6. The Kier molecular flexibility index (Phi) is 4.85. The fraction of sp³-hybridized carbons (Fsp3) is 0.333. The molecule has 0 radical (unpaired) electrons. The van der Waals surface area contributed by atoms with Crippen molar-refractivity contribution in [2.24, 2.45) is 0 Å². The van der Waals surface area contributed by atoms with E-state index >= 15 is 0 Å². The Morgan fingerprint density at radius 1 is 1.25 bits per heavy atom. The van der Waals surface area contributed by atoms with Crippen LogP contribution in [0.4, 0.5) is 0 Å². The molecule has 5 rings (SSSR count). The summed E-state index contributed by atoms with van der Waals surface area (Å²) < 4.78 is 12.5. The highest BCUT2D eigenvalue weighted by Crippen LogP contribution is 2.43. The Morgan fingerprint density at radius 3 is 2.75 bits per heavy atom. The summed E-state index contributed by atoms with van der Waals surface area (Å²) in [7, 11) is 0. The molecule has 1 aromatic carbocycles. The number of pyridine rings is 2. The summed E-state index contributed by atoms with van der Waals surface area (Å²) >= 11 is 1.73. The van der Waals surface area contributed by atoms with Gasteiger partial charge in [-0.1, -0.05) is 32.0 Å². The molecule has 8 heteroatoms. The molecule has 0 aliphatic carbocycles. The molecule has 7 nitrogen and oxygen atoms in total. The number of carbonyl (C=O) groups is 2. The van der Waals surface area contributed by atoms with Gasteiger partial charge in [-0.05, 0) is 24.3 Å². The molecule has 0 N–H and O–H groups in total. The van der Waals surface area contributed by atoms with Gasteiger partial charge in [-0.2, -0.15) is 0 Å². The predicted molar refractivity (Wildman–Crippen MR) is 120 cm³/mol. The van der Waals surface area contributed by atoms with Crippen LogP contribution >= 0.6 is 11.8 Å². The molecule has 4 heterocycles. The average Bonchev–Trinajstić information content (AvgIpc) is 3.14. The van der Waals surface area contributed by atoms with E-state index in [1.54, 1.807) is 29.3 Å². The van der Waals surface area contributed by atoms with E-state index in [0.717, 1.165) is 32.8 Å². The number of nitrogens with zero attached hydrogens (tertiary/aromatic N) is 2. The number of thioether (sulfide) groups is 1. The number of carbonyl (C=O) groups excluding carboxylic acids is 2. The van der Waals surface area contributed by atoms with E-state index in [9.17, 15) is 14.4 Å². The third-order valence-corrected chi connectivity index (χ3v) is 7.16. The molecule has 32 heavy (non-hydrogen) atoms. The van der Waals surface area contributed by atoms with Crippen LogP contribution in [0.15, 0.2) is 40.0 Å². The fourth-order valence-corrected chi connectivity index (χ4v) is 5.65. The van der Waals surface area contributed by atoms with Crippen molar-refractivity contribution in [3.05, 3.63) is 57.4 Å². The minimum atomic E-state index is -1.63. The van der Waals surface area contributed by atoms with Crippen molar-refractivity contribution >= 4 is 34.6 Å². The van der Waals surface area contributed by atoms with Crippen LogP contribution in [-0.4, -0.2) is 27.2 Å². The van der Waals surface area contributed by atoms with Gasteiger partial charge in [0.2, 0.25) is 5.60 Å². The van der Waals surface area contributed by atoms with Crippen LogP contribution in [0.5, 0.6) is 0 Å². The van der Waals surface area contributed by atoms with Crippen molar-refractivity contribution < 1.29 is 19.1 Å². The van der Waals surface area contributed by atoms with E-state index in [4.69, 9.17) is 14.5 Å². The lowest BCUT2D eigenvalue weighted by molar-refractivity contribution is -0.188. The van der Waals surface area contributed by atoms with Gasteiger partial charge in [-0.15, -0.1) is 11.8 Å². The van der Waals surface area contributed by atoms with Crippen LogP contribution in [-0.2, 0) is 37.8 Å². The maximum absolute atomic E-state index is 13.5. The molecule has 0 amide bonds. The number of rotatable bonds is 4. The lowest BCUT2D eigenvalue weighted by atomic mass is 9.85. The van der Waals surface area contributed by atoms with Crippen molar-refractivity contribution in [1.82, 2.24) is 9.55 Å². The molecule has 0 saturated carbocycles. The van der Waals surface area contributed by atoms with Crippen molar-refractivity contribution in [2.75, 3.05) is 5.75 Å². The van der Waals surface area contributed by atoms with Gasteiger partial charge in [-0.3, -0.25) is 9.59 Å². The minimum Gasteiger partial charge on any atom is -0.457 e. The first kappa shape index (κ1) is 20.8. The second-order valence-electron chi connectivity index (χ2n) is 7.88. The molecular weight excluding hydrogens is 428 g/mol. The van der Waals surface area contributed by atoms with E-state index in [0.29, 0.717) is 23.4 Å². The number of hydrogen-bond donors (Lipinski definition) is 0. The first-order valence-electron chi connectivity index (χ1n) is 10.6. The van der Waals surface area contributed by atoms with Gasteiger partial charge in [0.15, 0.2) is 0 Å². The molecule has 0 unspecified atom stereocenters. The Hall–Kier alpha value is -3.13. The second-order valence-corrected chi connectivity index (χ2v) is 9.16. The van der Waals surface area contributed by atoms with E-state index in [1.165, 1.54) is 6.92 Å². The lowest BCUT2D eigenvalue weighted by Gasteiger charge is -2.35. The monoisotopic (exact) mass is 450 g/mol. The van der Waals surface area contributed by atoms with Crippen molar-refractivity contribution in [3.8, 4) is 11.4 Å². The summed E-state index contributed by atoms with van der Waals surface area (Å²) in [5.41, 5.74) is 2.07. The number of fused-ring (bicyclic) bond motifs is 5. The number of cyclic esters (lactones) is 1. The fourth-order valence-electron chi connectivity index (χ4n) is 4.70. The highest BCUT2D eigenvalue weighted by Gasteiger charge is 2.50. The van der Waals surface area contributed by atoms with Crippen molar-refractivity contribution in [3.63, 3.8) is 0 Å². The molecule has 2 aliphatic heterocycles. The van der Waals surface area contributed by atoms with Crippen molar-refractivity contribution in [2.45, 2.75) is 50.8 Å². The molecular formula is C24H22N2O5S. The molecule has 0 spiro atoms.